The molecule has 1 heterocycles. The van der Waals surface area contributed by atoms with Crippen LogP contribution >= 0.6 is 0 Å². The van der Waals surface area contributed by atoms with E-state index < -0.39 is 0 Å². The maximum absolute atomic E-state index is 12.9. The SMILES string of the molecule is CCOC(=O)c1c(Cc2ccc(F)cc2)c[nH]c1C. The van der Waals surface area contributed by atoms with Crippen LogP contribution in [0.1, 0.15) is 34.1 Å². The number of halogens is 1. The molecule has 0 fully saturated rings. The van der Waals surface area contributed by atoms with Crippen LogP contribution in [0.4, 0.5) is 4.39 Å². The Hall–Kier alpha value is -2.10. The van der Waals surface area contributed by atoms with E-state index in [1.165, 1.54) is 12.1 Å². The highest BCUT2D eigenvalue weighted by Crippen LogP contribution is 2.19. The molecular formula is C15H16FNO2. The summed E-state index contributed by atoms with van der Waals surface area (Å²) in [6.07, 6.45) is 2.36. The van der Waals surface area contributed by atoms with Gasteiger partial charge in [0.25, 0.3) is 0 Å². The Morgan fingerprint density at radius 2 is 2.00 bits per heavy atom. The Morgan fingerprint density at radius 3 is 2.63 bits per heavy atom. The molecule has 0 unspecified atom stereocenters. The van der Waals surface area contributed by atoms with Crippen LogP contribution in [0, 0.1) is 12.7 Å². The fourth-order valence-corrected chi connectivity index (χ4v) is 2.03. The lowest BCUT2D eigenvalue weighted by Gasteiger charge is -2.05. The summed E-state index contributed by atoms with van der Waals surface area (Å²) in [4.78, 5) is 14.9. The monoisotopic (exact) mass is 261 g/mol. The van der Waals surface area contributed by atoms with E-state index in [1.54, 1.807) is 25.3 Å². The zero-order valence-electron chi connectivity index (χ0n) is 11.0. The van der Waals surface area contributed by atoms with Crippen LogP contribution in [0.3, 0.4) is 0 Å². The van der Waals surface area contributed by atoms with E-state index >= 15 is 0 Å². The number of benzene rings is 1. The fraction of sp³-hybridized carbons (Fsp3) is 0.267. The number of esters is 1. The third kappa shape index (κ3) is 3.02. The van der Waals surface area contributed by atoms with Crippen LogP contribution in [-0.2, 0) is 11.2 Å². The minimum Gasteiger partial charge on any atom is -0.462 e. The Bertz CT molecular complexity index is 572. The Morgan fingerprint density at radius 1 is 1.32 bits per heavy atom. The molecule has 0 radical (unpaired) electrons. The maximum Gasteiger partial charge on any atom is 0.340 e. The summed E-state index contributed by atoms with van der Waals surface area (Å²) in [5, 5.41) is 0. The second-order valence-electron chi connectivity index (χ2n) is 4.34. The molecule has 2 rings (SSSR count). The van der Waals surface area contributed by atoms with E-state index in [9.17, 15) is 9.18 Å². The average Bonchev–Trinajstić information content (AvgIpc) is 2.74. The largest absolute Gasteiger partial charge is 0.462 e. The molecule has 0 spiro atoms. The van der Waals surface area contributed by atoms with Gasteiger partial charge in [0.2, 0.25) is 0 Å². The van der Waals surface area contributed by atoms with Crippen molar-refractivity contribution < 1.29 is 13.9 Å². The number of aromatic nitrogens is 1. The first kappa shape index (κ1) is 13.3. The van der Waals surface area contributed by atoms with Crippen molar-refractivity contribution in [3.8, 4) is 0 Å². The number of aromatic amines is 1. The van der Waals surface area contributed by atoms with Gasteiger partial charge in [0.15, 0.2) is 0 Å². The summed E-state index contributed by atoms with van der Waals surface area (Å²) in [7, 11) is 0. The van der Waals surface area contributed by atoms with Gasteiger partial charge in [0, 0.05) is 11.9 Å². The lowest BCUT2D eigenvalue weighted by atomic mass is 10.0. The van der Waals surface area contributed by atoms with Gasteiger partial charge < -0.3 is 9.72 Å². The van der Waals surface area contributed by atoms with Gasteiger partial charge >= 0.3 is 5.97 Å². The van der Waals surface area contributed by atoms with E-state index in [0.717, 1.165) is 16.8 Å². The molecule has 0 aliphatic heterocycles. The van der Waals surface area contributed by atoms with Gasteiger partial charge in [0.1, 0.15) is 5.82 Å². The van der Waals surface area contributed by atoms with E-state index in [2.05, 4.69) is 4.98 Å². The summed E-state index contributed by atoms with van der Waals surface area (Å²) >= 11 is 0. The number of hydrogen-bond acceptors (Lipinski definition) is 2. The topological polar surface area (TPSA) is 42.1 Å². The first-order valence-electron chi connectivity index (χ1n) is 6.20. The molecule has 0 atom stereocenters. The van der Waals surface area contributed by atoms with Crippen molar-refractivity contribution in [1.82, 2.24) is 4.98 Å². The third-order valence-electron chi connectivity index (χ3n) is 2.95. The predicted molar refractivity (Wildman–Crippen MR) is 70.7 cm³/mol. The smallest absolute Gasteiger partial charge is 0.340 e. The van der Waals surface area contributed by atoms with Crippen molar-refractivity contribution in [1.29, 1.82) is 0 Å². The quantitative estimate of drug-likeness (QED) is 0.858. The Balaban J connectivity index is 2.25. The van der Waals surface area contributed by atoms with Crippen molar-refractivity contribution in [2.75, 3.05) is 6.61 Å². The highest BCUT2D eigenvalue weighted by Gasteiger charge is 2.17. The van der Waals surface area contributed by atoms with Crippen LogP contribution in [0.15, 0.2) is 30.5 Å². The first-order chi connectivity index (χ1) is 9.11. The molecule has 0 aliphatic rings. The Labute approximate surface area is 111 Å². The molecule has 2 aromatic rings. The normalized spacial score (nSPS) is 10.5. The minimum absolute atomic E-state index is 0.264. The lowest BCUT2D eigenvalue weighted by molar-refractivity contribution is 0.0524. The molecule has 0 saturated heterocycles. The number of rotatable bonds is 4. The van der Waals surface area contributed by atoms with Gasteiger partial charge in [-0.1, -0.05) is 12.1 Å². The van der Waals surface area contributed by atoms with Crippen molar-refractivity contribution in [2.24, 2.45) is 0 Å². The molecule has 0 amide bonds. The van der Waals surface area contributed by atoms with Crippen LogP contribution < -0.4 is 0 Å². The number of nitrogens with one attached hydrogen (secondary N) is 1. The molecule has 3 nitrogen and oxygen atoms in total. The van der Waals surface area contributed by atoms with Crippen molar-refractivity contribution in [2.45, 2.75) is 20.3 Å². The summed E-state index contributed by atoms with van der Waals surface area (Å²) in [5.41, 5.74) is 3.18. The lowest BCUT2D eigenvalue weighted by Crippen LogP contribution is -2.08. The second kappa shape index (κ2) is 5.69. The molecule has 0 saturated carbocycles. The second-order valence-corrected chi connectivity index (χ2v) is 4.34. The predicted octanol–water partition coefficient (Wildman–Crippen LogP) is 3.23. The van der Waals surface area contributed by atoms with Crippen molar-refractivity contribution >= 4 is 5.97 Å². The Kier molecular flexibility index (Phi) is 4.00. The number of carbonyl (C=O) groups is 1. The van der Waals surface area contributed by atoms with Gasteiger partial charge in [-0.3, -0.25) is 0 Å². The zero-order chi connectivity index (χ0) is 13.8. The maximum atomic E-state index is 12.9. The van der Waals surface area contributed by atoms with E-state index in [4.69, 9.17) is 4.74 Å². The van der Waals surface area contributed by atoms with Crippen molar-refractivity contribution in [3.05, 3.63) is 58.7 Å². The average molecular weight is 261 g/mol. The van der Waals surface area contributed by atoms with Gasteiger partial charge in [-0.15, -0.1) is 0 Å². The van der Waals surface area contributed by atoms with E-state index in [-0.39, 0.29) is 11.8 Å². The highest BCUT2D eigenvalue weighted by atomic mass is 19.1. The molecular weight excluding hydrogens is 245 g/mol. The third-order valence-corrected chi connectivity index (χ3v) is 2.95. The molecule has 1 aromatic carbocycles. The first-order valence-corrected chi connectivity index (χ1v) is 6.20. The molecule has 19 heavy (non-hydrogen) atoms. The van der Waals surface area contributed by atoms with Crippen LogP contribution in [0.25, 0.3) is 0 Å². The highest BCUT2D eigenvalue weighted by molar-refractivity contribution is 5.92. The number of aryl methyl sites for hydroxylation is 1. The summed E-state index contributed by atoms with van der Waals surface area (Å²) in [5.74, 6) is -0.585. The molecule has 1 aromatic heterocycles. The number of carbonyl (C=O) groups excluding carboxylic acids is 1. The van der Waals surface area contributed by atoms with Crippen LogP contribution in [0.2, 0.25) is 0 Å². The molecule has 0 aliphatic carbocycles. The molecule has 4 heteroatoms. The number of H-pyrrole nitrogens is 1. The van der Waals surface area contributed by atoms with Crippen LogP contribution in [-0.4, -0.2) is 17.6 Å². The zero-order valence-corrected chi connectivity index (χ0v) is 11.0. The minimum atomic E-state index is -0.321. The van der Waals surface area contributed by atoms with Gasteiger partial charge in [-0.2, -0.15) is 0 Å². The van der Waals surface area contributed by atoms with Gasteiger partial charge in [-0.05, 0) is 43.5 Å². The van der Waals surface area contributed by atoms with E-state index in [0.29, 0.717) is 18.6 Å². The summed E-state index contributed by atoms with van der Waals surface area (Å²) in [6.45, 7) is 3.96. The molecule has 0 bridgehead atoms. The summed E-state index contributed by atoms with van der Waals surface area (Å²) < 4.78 is 17.9. The van der Waals surface area contributed by atoms with Gasteiger partial charge in [0.05, 0.1) is 12.2 Å². The van der Waals surface area contributed by atoms with Crippen LogP contribution in [0.5, 0.6) is 0 Å². The van der Waals surface area contributed by atoms with Crippen molar-refractivity contribution in [3.63, 3.8) is 0 Å². The number of ether oxygens (including phenoxy) is 1. The fourth-order valence-electron chi connectivity index (χ4n) is 2.03. The van der Waals surface area contributed by atoms with Gasteiger partial charge in [-0.25, -0.2) is 9.18 Å². The molecule has 1 N–H and O–H groups in total. The number of hydrogen-bond donors (Lipinski definition) is 1. The molecule has 100 valence electrons. The standard InChI is InChI=1S/C15H16FNO2/c1-3-19-15(18)14-10(2)17-9-12(14)8-11-4-6-13(16)7-5-11/h4-7,9,17H,3,8H2,1-2H3. The van der Waals surface area contributed by atoms with E-state index in [1.807, 2.05) is 6.92 Å². The summed E-state index contributed by atoms with van der Waals surface area (Å²) in [6, 6.07) is 6.26.